The number of halogens is 2. The molecule has 0 radical (unpaired) electrons. The van der Waals surface area contributed by atoms with Gasteiger partial charge in [-0.05, 0) is 61.4 Å². The Bertz CT molecular complexity index is 959. The molecule has 2 aromatic rings. The van der Waals surface area contributed by atoms with Crippen LogP contribution in [0.25, 0.3) is 0 Å². The van der Waals surface area contributed by atoms with E-state index in [0.717, 1.165) is 43.9 Å². The monoisotopic (exact) mass is 448 g/mol. The number of benzene rings is 1. The Morgan fingerprint density at radius 1 is 1.10 bits per heavy atom. The fourth-order valence-electron chi connectivity index (χ4n) is 4.74. The Morgan fingerprint density at radius 2 is 1.80 bits per heavy atom. The number of aromatic nitrogens is 2. The van der Waals surface area contributed by atoms with Gasteiger partial charge in [-0.3, -0.25) is 9.69 Å². The molecule has 0 saturated carbocycles. The second kappa shape index (κ2) is 8.33. The molecule has 1 aromatic heterocycles. The van der Waals surface area contributed by atoms with Crippen molar-refractivity contribution in [1.82, 2.24) is 19.6 Å². The number of likely N-dealkylation sites (tertiary alicyclic amines) is 2. The molecule has 160 valence electrons. The molecule has 0 N–H and O–H groups in total. The standard InChI is InChI=1S/C22H26Cl2N4O2/c1-15-9-17(11-18(23)10-15)12-26-6-3-22(14-26)4-7-27(8-5-22)21(30)28-13-19(24)20(25-28)16(2)29/h9-11,13H,3-8,12,14H2,1-2H3. The van der Waals surface area contributed by atoms with E-state index in [1.54, 1.807) is 0 Å². The zero-order valence-corrected chi connectivity index (χ0v) is 18.8. The van der Waals surface area contributed by atoms with E-state index in [1.807, 2.05) is 17.0 Å². The van der Waals surface area contributed by atoms with Crippen LogP contribution < -0.4 is 0 Å². The third-order valence-corrected chi connectivity index (χ3v) is 6.81. The first-order valence-electron chi connectivity index (χ1n) is 10.3. The Labute approximate surface area is 186 Å². The van der Waals surface area contributed by atoms with Crippen LogP contribution in [0, 0.1) is 12.3 Å². The first kappa shape index (κ1) is 21.3. The van der Waals surface area contributed by atoms with Gasteiger partial charge in [0.1, 0.15) is 5.69 Å². The van der Waals surface area contributed by atoms with Crippen LogP contribution in [-0.2, 0) is 6.54 Å². The molecule has 6 nitrogen and oxygen atoms in total. The maximum atomic E-state index is 12.8. The van der Waals surface area contributed by atoms with Crippen molar-refractivity contribution in [3.05, 3.63) is 51.3 Å². The number of carbonyl (C=O) groups excluding carboxylic acids is 2. The number of aryl methyl sites for hydroxylation is 1. The van der Waals surface area contributed by atoms with Crippen LogP contribution in [-0.4, -0.2) is 57.6 Å². The fourth-order valence-corrected chi connectivity index (χ4v) is 5.31. The number of Topliss-reactive ketones (excluding diaryl/α,β-unsaturated/α-hetero) is 1. The van der Waals surface area contributed by atoms with Crippen LogP contribution in [0.2, 0.25) is 10.0 Å². The van der Waals surface area contributed by atoms with Crippen molar-refractivity contribution < 1.29 is 9.59 Å². The second-order valence-corrected chi connectivity index (χ2v) is 9.54. The van der Waals surface area contributed by atoms with Gasteiger partial charge in [0.05, 0.1) is 11.2 Å². The van der Waals surface area contributed by atoms with Gasteiger partial charge >= 0.3 is 6.03 Å². The van der Waals surface area contributed by atoms with E-state index in [4.69, 9.17) is 23.2 Å². The van der Waals surface area contributed by atoms with Crippen LogP contribution >= 0.6 is 23.2 Å². The molecule has 0 aliphatic carbocycles. The van der Waals surface area contributed by atoms with E-state index >= 15 is 0 Å². The summed E-state index contributed by atoms with van der Waals surface area (Å²) in [5, 5.41) is 5.08. The average molecular weight is 449 g/mol. The number of hydrogen-bond donors (Lipinski definition) is 0. The first-order chi connectivity index (χ1) is 14.2. The molecule has 2 aliphatic rings. The summed E-state index contributed by atoms with van der Waals surface area (Å²) in [5.74, 6) is -0.245. The zero-order valence-electron chi connectivity index (χ0n) is 17.3. The maximum absolute atomic E-state index is 12.8. The van der Waals surface area contributed by atoms with E-state index in [0.29, 0.717) is 13.1 Å². The number of hydrogen-bond acceptors (Lipinski definition) is 4. The predicted octanol–water partition coefficient (Wildman–Crippen LogP) is 4.66. The van der Waals surface area contributed by atoms with Crippen molar-refractivity contribution >= 4 is 35.0 Å². The lowest BCUT2D eigenvalue weighted by Gasteiger charge is -2.39. The van der Waals surface area contributed by atoms with Gasteiger partial charge in [0.15, 0.2) is 5.78 Å². The Hall–Kier alpha value is -1.89. The van der Waals surface area contributed by atoms with Gasteiger partial charge in [-0.25, -0.2) is 4.79 Å². The summed E-state index contributed by atoms with van der Waals surface area (Å²) >= 11 is 12.2. The minimum Gasteiger partial charge on any atom is -0.323 e. The highest BCUT2D eigenvalue weighted by molar-refractivity contribution is 6.33. The van der Waals surface area contributed by atoms with E-state index < -0.39 is 0 Å². The molecule has 3 heterocycles. The highest BCUT2D eigenvalue weighted by Crippen LogP contribution is 2.41. The van der Waals surface area contributed by atoms with Gasteiger partial charge in [0, 0.05) is 38.1 Å². The lowest BCUT2D eigenvalue weighted by Crippen LogP contribution is -2.45. The second-order valence-electron chi connectivity index (χ2n) is 8.69. The molecule has 30 heavy (non-hydrogen) atoms. The van der Waals surface area contributed by atoms with Crippen LogP contribution in [0.1, 0.15) is 47.8 Å². The molecule has 0 unspecified atom stereocenters. The normalized spacial score (nSPS) is 18.9. The SMILES string of the molecule is CC(=O)c1nn(C(=O)N2CCC3(CCN(Cc4cc(C)cc(Cl)c4)C3)CC2)cc1Cl. The van der Waals surface area contributed by atoms with Crippen LogP contribution in [0.4, 0.5) is 4.79 Å². The highest BCUT2D eigenvalue weighted by Gasteiger charge is 2.41. The zero-order chi connectivity index (χ0) is 21.5. The summed E-state index contributed by atoms with van der Waals surface area (Å²) in [6.07, 6.45) is 4.52. The fraction of sp³-hybridized carbons (Fsp3) is 0.500. The summed E-state index contributed by atoms with van der Waals surface area (Å²) < 4.78 is 1.19. The van der Waals surface area contributed by atoms with Crippen molar-refractivity contribution in [2.24, 2.45) is 5.41 Å². The minimum absolute atomic E-state index is 0.140. The topological polar surface area (TPSA) is 58.4 Å². The van der Waals surface area contributed by atoms with Crippen molar-refractivity contribution in [1.29, 1.82) is 0 Å². The van der Waals surface area contributed by atoms with Crippen molar-refractivity contribution in [3.63, 3.8) is 0 Å². The number of carbonyl (C=O) groups is 2. The summed E-state index contributed by atoms with van der Waals surface area (Å²) in [6.45, 7) is 7.86. The third-order valence-electron chi connectivity index (χ3n) is 6.32. The average Bonchev–Trinajstić information content (AvgIpc) is 3.25. The van der Waals surface area contributed by atoms with E-state index in [1.165, 1.54) is 28.9 Å². The molecular weight excluding hydrogens is 423 g/mol. The van der Waals surface area contributed by atoms with E-state index in [-0.39, 0.29) is 27.9 Å². The molecule has 4 rings (SSSR count). The highest BCUT2D eigenvalue weighted by atomic mass is 35.5. The molecule has 1 amide bonds. The number of piperidine rings is 1. The lowest BCUT2D eigenvalue weighted by molar-refractivity contribution is 0.101. The van der Waals surface area contributed by atoms with Crippen molar-refractivity contribution in [3.8, 4) is 0 Å². The number of rotatable bonds is 3. The van der Waals surface area contributed by atoms with Gasteiger partial charge in [0.25, 0.3) is 0 Å². The van der Waals surface area contributed by atoms with Gasteiger partial charge in [-0.15, -0.1) is 0 Å². The smallest absolute Gasteiger partial charge is 0.323 e. The molecule has 1 aromatic carbocycles. The largest absolute Gasteiger partial charge is 0.344 e. The van der Waals surface area contributed by atoms with Crippen molar-refractivity contribution in [2.45, 2.75) is 39.7 Å². The number of nitrogens with zero attached hydrogens (tertiary/aromatic N) is 4. The van der Waals surface area contributed by atoms with Crippen LogP contribution in [0.15, 0.2) is 24.4 Å². The lowest BCUT2D eigenvalue weighted by atomic mass is 9.78. The summed E-state index contributed by atoms with van der Waals surface area (Å²) in [6, 6.07) is 6.01. The van der Waals surface area contributed by atoms with Crippen molar-refractivity contribution in [2.75, 3.05) is 26.2 Å². The van der Waals surface area contributed by atoms with Gasteiger partial charge in [-0.2, -0.15) is 9.78 Å². The summed E-state index contributed by atoms with van der Waals surface area (Å²) in [4.78, 5) is 28.6. The minimum atomic E-state index is -0.245. The van der Waals surface area contributed by atoms with Gasteiger partial charge in [0.2, 0.25) is 0 Å². The Balaban J connectivity index is 1.35. The Kier molecular flexibility index (Phi) is 5.93. The van der Waals surface area contributed by atoms with E-state index in [2.05, 4.69) is 23.0 Å². The molecule has 8 heteroatoms. The van der Waals surface area contributed by atoms with Gasteiger partial charge in [-0.1, -0.05) is 29.3 Å². The van der Waals surface area contributed by atoms with Crippen LogP contribution in [0.5, 0.6) is 0 Å². The number of ketones is 1. The molecule has 0 bridgehead atoms. The molecular formula is C22H26Cl2N4O2. The van der Waals surface area contributed by atoms with Crippen LogP contribution in [0.3, 0.4) is 0 Å². The Morgan fingerprint density at radius 3 is 2.43 bits per heavy atom. The maximum Gasteiger partial charge on any atom is 0.344 e. The molecule has 2 saturated heterocycles. The quantitative estimate of drug-likeness (QED) is 0.640. The number of amides is 1. The molecule has 1 spiro atoms. The first-order valence-corrected chi connectivity index (χ1v) is 11.0. The molecule has 2 aliphatic heterocycles. The molecule has 0 atom stereocenters. The van der Waals surface area contributed by atoms with E-state index in [9.17, 15) is 9.59 Å². The summed E-state index contributed by atoms with van der Waals surface area (Å²) in [7, 11) is 0. The predicted molar refractivity (Wildman–Crippen MR) is 117 cm³/mol. The third kappa shape index (κ3) is 4.41. The van der Waals surface area contributed by atoms with Gasteiger partial charge < -0.3 is 4.90 Å². The molecule has 2 fully saturated rings. The summed E-state index contributed by atoms with van der Waals surface area (Å²) in [5.41, 5.74) is 2.84.